The summed E-state index contributed by atoms with van der Waals surface area (Å²) in [6.07, 6.45) is -0.815. The van der Waals surface area contributed by atoms with E-state index in [1.807, 2.05) is 0 Å². The van der Waals surface area contributed by atoms with Crippen LogP contribution < -0.4 is 5.56 Å². The van der Waals surface area contributed by atoms with Gasteiger partial charge in [-0.15, -0.1) is 0 Å². The van der Waals surface area contributed by atoms with Crippen LogP contribution in [0, 0.1) is 0 Å². The molecule has 9 nitrogen and oxygen atoms in total. The summed E-state index contributed by atoms with van der Waals surface area (Å²) in [7, 11) is 0. The highest BCUT2D eigenvalue weighted by molar-refractivity contribution is 5.87. The highest BCUT2D eigenvalue weighted by atomic mass is 16.6. The molecule has 0 bridgehead atoms. The van der Waals surface area contributed by atoms with Gasteiger partial charge in [0.1, 0.15) is 12.4 Å². The van der Waals surface area contributed by atoms with Gasteiger partial charge in [0.2, 0.25) is 0 Å². The maximum Gasteiger partial charge on any atom is 0.343 e. The number of aliphatic hydroxyl groups excluding tert-OH is 1. The number of hydrogen-bond acceptors (Lipinski definition) is 8. The number of esters is 1. The summed E-state index contributed by atoms with van der Waals surface area (Å²) in [6, 6.07) is 8.11. The molecule has 1 aromatic carbocycles. The Bertz CT molecular complexity index is 1300. The van der Waals surface area contributed by atoms with E-state index in [1.165, 1.54) is 10.6 Å². The zero-order valence-electron chi connectivity index (χ0n) is 16.7. The van der Waals surface area contributed by atoms with E-state index in [0.717, 1.165) is 0 Å². The second-order valence-electron chi connectivity index (χ2n) is 7.64. The standard InChI is InChI=1S/C22H20N2O7/c1-2-22(29)15-9-17-18-13(8-11-7-12(26)3-4-16(11)23-18)20(30-6-5-25)24(17)19(27)14(15)10-31-21(22)28/h3-4,7-9,20,25-26,29H,2,5-6,10H2,1H3/t20?,22-/m0/s1. The Morgan fingerprint density at radius 2 is 2.10 bits per heavy atom. The van der Waals surface area contributed by atoms with E-state index in [0.29, 0.717) is 27.9 Å². The lowest BCUT2D eigenvalue weighted by Gasteiger charge is -2.32. The van der Waals surface area contributed by atoms with E-state index in [2.05, 4.69) is 4.98 Å². The number of nitrogens with zero attached hydrogens (tertiary/aromatic N) is 2. The third kappa shape index (κ3) is 2.71. The minimum absolute atomic E-state index is 0.0148. The molecule has 0 saturated carbocycles. The van der Waals surface area contributed by atoms with Gasteiger partial charge in [-0.25, -0.2) is 9.78 Å². The van der Waals surface area contributed by atoms with Crippen molar-refractivity contribution in [3.8, 4) is 17.1 Å². The molecule has 2 aliphatic heterocycles. The van der Waals surface area contributed by atoms with Crippen LogP contribution in [-0.4, -0.2) is 44.1 Å². The lowest BCUT2D eigenvalue weighted by Crippen LogP contribution is -2.44. The van der Waals surface area contributed by atoms with E-state index >= 15 is 0 Å². The van der Waals surface area contributed by atoms with Gasteiger partial charge in [0.25, 0.3) is 5.56 Å². The number of ether oxygens (including phenoxy) is 2. The largest absolute Gasteiger partial charge is 0.508 e. The predicted molar refractivity (Wildman–Crippen MR) is 108 cm³/mol. The lowest BCUT2D eigenvalue weighted by atomic mass is 9.86. The van der Waals surface area contributed by atoms with E-state index in [-0.39, 0.29) is 43.1 Å². The first-order valence-electron chi connectivity index (χ1n) is 9.94. The first-order chi connectivity index (χ1) is 14.9. The number of benzene rings is 1. The topological polar surface area (TPSA) is 131 Å². The number of aromatic nitrogens is 2. The van der Waals surface area contributed by atoms with Crippen molar-refractivity contribution in [2.24, 2.45) is 0 Å². The molecule has 3 N–H and O–H groups in total. The van der Waals surface area contributed by atoms with Gasteiger partial charge in [-0.3, -0.25) is 9.36 Å². The SMILES string of the molecule is CC[C@@]1(O)C(=O)OCc2c1cc1n(c2=O)C(OCCO)c2cc3cc(O)ccc3nc2-1. The molecule has 1 unspecified atom stereocenters. The van der Waals surface area contributed by atoms with Crippen molar-refractivity contribution >= 4 is 16.9 Å². The van der Waals surface area contributed by atoms with Gasteiger partial charge in [-0.1, -0.05) is 6.92 Å². The fourth-order valence-corrected chi connectivity index (χ4v) is 4.33. The van der Waals surface area contributed by atoms with Crippen LogP contribution in [0.15, 0.2) is 35.1 Å². The smallest absolute Gasteiger partial charge is 0.343 e. The number of phenols is 1. The molecular weight excluding hydrogens is 404 g/mol. The second-order valence-corrected chi connectivity index (χ2v) is 7.64. The monoisotopic (exact) mass is 424 g/mol. The first kappa shape index (κ1) is 19.7. The van der Waals surface area contributed by atoms with Gasteiger partial charge in [0, 0.05) is 16.5 Å². The molecule has 2 aliphatic rings. The summed E-state index contributed by atoms with van der Waals surface area (Å²) < 4.78 is 12.3. The van der Waals surface area contributed by atoms with Crippen LogP contribution in [0.1, 0.15) is 36.3 Å². The average molecular weight is 424 g/mol. The van der Waals surface area contributed by atoms with E-state index in [1.54, 1.807) is 31.2 Å². The van der Waals surface area contributed by atoms with Gasteiger partial charge < -0.3 is 24.8 Å². The van der Waals surface area contributed by atoms with Crippen LogP contribution >= 0.6 is 0 Å². The van der Waals surface area contributed by atoms with Crippen LogP contribution in [0.25, 0.3) is 22.3 Å². The number of aromatic hydroxyl groups is 1. The number of carbonyl (C=O) groups is 1. The Balaban J connectivity index is 1.82. The van der Waals surface area contributed by atoms with Crippen molar-refractivity contribution in [3.05, 3.63) is 57.4 Å². The number of aliphatic hydroxyl groups is 2. The molecule has 9 heteroatoms. The third-order valence-corrected chi connectivity index (χ3v) is 5.92. The molecular formula is C22H20N2O7. The Morgan fingerprint density at radius 3 is 2.84 bits per heavy atom. The summed E-state index contributed by atoms with van der Waals surface area (Å²) in [5, 5.41) is 30.7. The van der Waals surface area contributed by atoms with E-state index < -0.39 is 23.4 Å². The Hall–Kier alpha value is -3.27. The van der Waals surface area contributed by atoms with Crippen LogP contribution in [0.4, 0.5) is 0 Å². The van der Waals surface area contributed by atoms with Crippen molar-refractivity contribution in [1.82, 2.24) is 9.55 Å². The molecule has 0 saturated heterocycles. The summed E-state index contributed by atoms with van der Waals surface area (Å²) in [6.45, 7) is 1.14. The summed E-state index contributed by atoms with van der Waals surface area (Å²) in [5.41, 5.74) is 0.0647. The van der Waals surface area contributed by atoms with Crippen molar-refractivity contribution in [3.63, 3.8) is 0 Å². The first-order valence-corrected chi connectivity index (χ1v) is 9.94. The fourth-order valence-electron chi connectivity index (χ4n) is 4.33. The number of pyridine rings is 2. The predicted octanol–water partition coefficient (Wildman–Crippen LogP) is 1.29. The molecule has 2 aromatic heterocycles. The van der Waals surface area contributed by atoms with Crippen LogP contribution in [0.3, 0.4) is 0 Å². The maximum absolute atomic E-state index is 13.5. The van der Waals surface area contributed by atoms with Crippen molar-refractivity contribution in [2.45, 2.75) is 31.8 Å². The average Bonchev–Trinajstić information content (AvgIpc) is 3.06. The van der Waals surface area contributed by atoms with Crippen molar-refractivity contribution in [1.29, 1.82) is 0 Å². The fraction of sp³-hybridized carbons (Fsp3) is 0.318. The van der Waals surface area contributed by atoms with Crippen molar-refractivity contribution in [2.75, 3.05) is 13.2 Å². The molecule has 31 heavy (non-hydrogen) atoms. The molecule has 5 rings (SSSR count). The van der Waals surface area contributed by atoms with Gasteiger partial charge in [0.05, 0.1) is 35.7 Å². The molecule has 0 fully saturated rings. The summed E-state index contributed by atoms with van der Waals surface area (Å²) in [4.78, 5) is 30.4. The van der Waals surface area contributed by atoms with Gasteiger partial charge >= 0.3 is 5.97 Å². The van der Waals surface area contributed by atoms with E-state index in [4.69, 9.17) is 9.47 Å². The molecule has 3 aromatic rings. The highest BCUT2D eigenvalue weighted by Crippen LogP contribution is 2.43. The highest BCUT2D eigenvalue weighted by Gasteiger charge is 2.46. The van der Waals surface area contributed by atoms with Gasteiger partial charge in [-0.05, 0) is 36.8 Å². The van der Waals surface area contributed by atoms with Gasteiger partial charge in [-0.2, -0.15) is 0 Å². The Labute approximate surface area is 176 Å². The molecule has 0 amide bonds. The number of hydrogen-bond donors (Lipinski definition) is 3. The number of rotatable bonds is 4. The Kier molecular flexibility index (Phi) is 4.37. The van der Waals surface area contributed by atoms with Gasteiger partial charge in [0.15, 0.2) is 11.8 Å². The Morgan fingerprint density at radius 1 is 1.29 bits per heavy atom. The normalized spacial score (nSPS) is 21.5. The number of phenolic OH excluding ortho intramolecular Hbond substituents is 1. The molecule has 2 atom stereocenters. The van der Waals surface area contributed by atoms with E-state index in [9.17, 15) is 24.9 Å². The molecule has 0 radical (unpaired) electrons. The molecule has 4 heterocycles. The minimum Gasteiger partial charge on any atom is -0.508 e. The number of fused-ring (bicyclic) bond motifs is 5. The molecule has 0 spiro atoms. The number of cyclic esters (lactones) is 1. The summed E-state index contributed by atoms with van der Waals surface area (Å²) >= 11 is 0. The number of carbonyl (C=O) groups excluding carboxylic acids is 1. The third-order valence-electron chi connectivity index (χ3n) is 5.92. The molecule has 0 aliphatic carbocycles. The van der Waals surface area contributed by atoms with Crippen molar-refractivity contribution < 1.29 is 29.6 Å². The lowest BCUT2D eigenvalue weighted by molar-refractivity contribution is -0.172. The molecule has 160 valence electrons. The second kappa shape index (κ2) is 6.88. The quantitative estimate of drug-likeness (QED) is 0.534. The zero-order valence-corrected chi connectivity index (χ0v) is 16.7. The summed E-state index contributed by atoms with van der Waals surface area (Å²) in [5.74, 6) is -0.714. The van der Waals surface area contributed by atoms with Crippen LogP contribution in [-0.2, 0) is 26.5 Å². The van der Waals surface area contributed by atoms with Crippen LogP contribution in [0.5, 0.6) is 5.75 Å². The van der Waals surface area contributed by atoms with Crippen LogP contribution in [0.2, 0.25) is 0 Å². The maximum atomic E-state index is 13.5. The zero-order chi connectivity index (χ0) is 21.9. The minimum atomic E-state index is -1.92.